The first kappa shape index (κ1) is 17.1. The van der Waals surface area contributed by atoms with Gasteiger partial charge in [0.05, 0.1) is 5.25 Å². The number of aryl methyl sites for hydroxylation is 1. The predicted octanol–water partition coefficient (Wildman–Crippen LogP) is 1.50. The van der Waals surface area contributed by atoms with E-state index in [-0.39, 0.29) is 22.5 Å². The van der Waals surface area contributed by atoms with Gasteiger partial charge in [-0.2, -0.15) is 0 Å². The number of nitrogens with one attached hydrogen (secondary N) is 2. The van der Waals surface area contributed by atoms with E-state index in [0.717, 1.165) is 4.90 Å². The van der Waals surface area contributed by atoms with Gasteiger partial charge in [0.2, 0.25) is 5.91 Å². The summed E-state index contributed by atoms with van der Waals surface area (Å²) in [6.07, 6.45) is 0.425. The van der Waals surface area contributed by atoms with E-state index in [0.29, 0.717) is 18.8 Å². The summed E-state index contributed by atoms with van der Waals surface area (Å²) in [5, 5.41) is 2.64. The molecule has 0 spiro atoms. The van der Waals surface area contributed by atoms with Crippen molar-refractivity contribution in [3.63, 3.8) is 0 Å². The standard InChI is InChI=1S/C16H20N4O2S/c1-10-3-5-12(6-4-10)23-11(2)16(22)18-8-7-14-19-13(17)9-15(21)20-14/h3-6,9,11H,7-8H2,1-2H3,(H,18,22)(H3,17,19,20,21). The Morgan fingerprint density at radius 1 is 1.39 bits per heavy atom. The SMILES string of the molecule is Cc1ccc(SC(C)C(=O)NCCc2nc(N)cc(=O)[nH]2)cc1. The molecule has 0 bridgehead atoms. The summed E-state index contributed by atoms with van der Waals surface area (Å²) in [6.45, 7) is 4.28. The minimum Gasteiger partial charge on any atom is -0.383 e. The Bertz CT molecular complexity index is 728. The third-order valence-corrected chi connectivity index (χ3v) is 4.29. The zero-order chi connectivity index (χ0) is 16.8. The van der Waals surface area contributed by atoms with E-state index in [4.69, 9.17) is 5.73 Å². The van der Waals surface area contributed by atoms with Crippen molar-refractivity contribution in [2.24, 2.45) is 0 Å². The van der Waals surface area contributed by atoms with Crippen LogP contribution in [0.4, 0.5) is 5.82 Å². The Morgan fingerprint density at radius 3 is 2.74 bits per heavy atom. The third-order valence-electron chi connectivity index (χ3n) is 3.17. The number of H-pyrrole nitrogens is 1. The number of hydrogen-bond acceptors (Lipinski definition) is 5. The van der Waals surface area contributed by atoms with Crippen molar-refractivity contribution < 1.29 is 4.79 Å². The average Bonchev–Trinajstić information content (AvgIpc) is 2.48. The monoisotopic (exact) mass is 332 g/mol. The quantitative estimate of drug-likeness (QED) is 0.696. The molecule has 1 atom stereocenters. The summed E-state index contributed by atoms with van der Waals surface area (Å²) in [5.74, 6) is 0.592. The van der Waals surface area contributed by atoms with Crippen molar-refractivity contribution >= 4 is 23.5 Å². The first-order valence-electron chi connectivity index (χ1n) is 7.31. The highest BCUT2D eigenvalue weighted by molar-refractivity contribution is 8.00. The number of carbonyl (C=O) groups is 1. The van der Waals surface area contributed by atoms with E-state index >= 15 is 0 Å². The summed E-state index contributed by atoms with van der Waals surface area (Å²) in [4.78, 5) is 31.0. The molecule has 2 rings (SSSR count). The van der Waals surface area contributed by atoms with Crippen molar-refractivity contribution in [3.8, 4) is 0 Å². The lowest BCUT2D eigenvalue weighted by atomic mass is 10.2. The molecule has 1 aromatic heterocycles. The summed E-state index contributed by atoms with van der Waals surface area (Å²) in [7, 11) is 0. The van der Waals surface area contributed by atoms with Gasteiger partial charge in [0.15, 0.2) is 0 Å². The maximum atomic E-state index is 12.1. The van der Waals surface area contributed by atoms with Gasteiger partial charge in [0.25, 0.3) is 5.56 Å². The first-order valence-corrected chi connectivity index (χ1v) is 8.19. The molecule has 0 fully saturated rings. The average molecular weight is 332 g/mol. The Labute approximate surface area is 138 Å². The summed E-state index contributed by atoms with van der Waals surface area (Å²) in [6, 6.07) is 9.28. The molecule has 0 saturated heterocycles. The van der Waals surface area contributed by atoms with Crippen LogP contribution in [0.25, 0.3) is 0 Å². The van der Waals surface area contributed by atoms with Crippen molar-refractivity contribution in [3.05, 3.63) is 52.1 Å². The van der Waals surface area contributed by atoms with Crippen LogP contribution >= 0.6 is 11.8 Å². The summed E-state index contributed by atoms with van der Waals surface area (Å²) in [5.41, 5.74) is 6.41. The predicted molar refractivity (Wildman–Crippen MR) is 92.5 cm³/mol. The molecule has 0 radical (unpaired) electrons. The number of nitrogen functional groups attached to an aromatic ring is 1. The fourth-order valence-electron chi connectivity index (χ4n) is 1.97. The topological polar surface area (TPSA) is 101 Å². The number of aromatic nitrogens is 2. The number of hydrogen-bond donors (Lipinski definition) is 3. The smallest absolute Gasteiger partial charge is 0.252 e. The molecule has 0 aliphatic heterocycles. The van der Waals surface area contributed by atoms with E-state index < -0.39 is 0 Å². The molecule has 0 aliphatic rings. The number of nitrogens with two attached hydrogens (primary N) is 1. The molecule has 1 aromatic carbocycles. The number of carbonyl (C=O) groups excluding carboxylic acids is 1. The lowest BCUT2D eigenvalue weighted by Crippen LogP contribution is -2.33. The van der Waals surface area contributed by atoms with Crippen LogP contribution in [0.3, 0.4) is 0 Å². The van der Waals surface area contributed by atoms with Gasteiger partial charge in [0, 0.05) is 23.9 Å². The number of amides is 1. The van der Waals surface area contributed by atoms with Crippen LogP contribution in [0.1, 0.15) is 18.3 Å². The summed E-state index contributed by atoms with van der Waals surface area (Å²) < 4.78 is 0. The van der Waals surface area contributed by atoms with Gasteiger partial charge in [-0.25, -0.2) is 4.98 Å². The first-order chi connectivity index (χ1) is 10.9. The molecule has 1 unspecified atom stereocenters. The molecule has 6 nitrogen and oxygen atoms in total. The zero-order valence-electron chi connectivity index (χ0n) is 13.1. The third kappa shape index (κ3) is 5.45. The molecule has 0 aliphatic carbocycles. The molecule has 1 amide bonds. The molecule has 122 valence electrons. The van der Waals surface area contributed by atoms with Gasteiger partial charge < -0.3 is 16.0 Å². The highest BCUT2D eigenvalue weighted by Gasteiger charge is 2.13. The van der Waals surface area contributed by atoms with Crippen LogP contribution in [0, 0.1) is 6.92 Å². The van der Waals surface area contributed by atoms with Gasteiger partial charge in [0.1, 0.15) is 11.6 Å². The Kier molecular flexibility index (Phi) is 5.81. The maximum Gasteiger partial charge on any atom is 0.252 e. The number of aromatic amines is 1. The van der Waals surface area contributed by atoms with E-state index in [2.05, 4.69) is 15.3 Å². The van der Waals surface area contributed by atoms with Gasteiger partial charge in [-0.1, -0.05) is 17.7 Å². The van der Waals surface area contributed by atoms with Gasteiger partial charge >= 0.3 is 0 Å². The van der Waals surface area contributed by atoms with Crippen molar-refractivity contribution in [2.75, 3.05) is 12.3 Å². The van der Waals surface area contributed by atoms with Crippen molar-refractivity contribution in [1.29, 1.82) is 0 Å². The molecule has 7 heteroatoms. The number of rotatable bonds is 6. The maximum absolute atomic E-state index is 12.1. The van der Waals surface area contributed by atoms with E-state index in [1.165, 1.54) is 23.4 Å². The lowest BCUT2D eigenvalue weighted by molar-refractivity contribution is -0.120. The molecular formula is C16H20N4O2S. The molecule has 23 heavy (non-hydrogen) atoms. The molecular weight excluding hydrogens is 312 g/mol. The fraction of sp³-hybridized carbons (Fsp3) is 0.312. The van der Waals surface area contributed by atoms with Crippen molar-refractivity contribution in [1.82, 2.24) is 15.3 Å². The van der Waals surface area contributed by atoms with Gasteiger partial charge in [-0.15, -0.1) is 11.8 Å². The van der Waals surface area contributed by atoms with Crippen LogP contribution in [-0.4, -0.2) is 27.7 Å². The number of benzene rings is 1. The van der Waals surface area contributed by atoms with Crippen LogP contribution in [0.5, 0.6) is 0 Å². The lowest BCUT2D eigenvalue weighted by Gasteiger charge is -2.12. The van der Waals surface area contributed by atoms with Crippen LogP contribution in [-0.2, 0) is 11.2 Å². The van der Waals surface area contributed by atoms with E-state index in [9.17, 15) is 9.59 Å². The van der Waals surface area contributed by atoms with E-state index in [1.54, 1.807) is 0 Å². The zero-order valence-corrected chi connectivity index (χ0v) is 13.9. The highest BCUT2D eigenvalue weighted by Crippen LogP contribution is 2.23. The molecule has 1 heterocycles. The van der Waals surface area contributed by atoms with Crippen LogP contribution in [0.2, 0.25) is 0 Å². The molecule has 0 saturated carbocycles. The second-order valence-corrected chi connectivity index (χ2v) is 6.65. The highest BCUT2D eigenvalue weighted by atomic mass is 32.2. The number of anilines is 1. The minimum atomic E-state index is -0.290. The largest absolute Gasteiger partial charge is 0.383 e. The van der Waals surface area contributed by atoms with Gasteiger partial charge in [-0.05, 0) is 26.0 Å². The Hall–Kier alpha value is -2.28. The number of thioether (sulfide) groups is 1. The second kappa shape index (κ2) is 7.82. The minimum absolute atomic E-state index is 0.0539. The fourth-order valence-corrected chi connectivity index (χ4v) is 2.86. The Morgan fingerprint density at radius 2 is 2.09 bits per heavy atom. The van der Waals surface area contributed by atoms with Crippen LogP contribution < -0.4 is 16.6 Å². The number of nitrogens with zero attached hydrogens (tertiary/aromatic N) is 1. The second-order valence-electron chi connectivity index (χ2n) is 5.23. The molecule has 4 N–H and O–H groups in total. The Balaban J connectivity index is 1.81. The van der Waals surface area contributed by atoms with Crippen LogP contribution in [0.15, 0.2) is 40.0 Å². The van der Waals surface area contributed by atoms with E-state index in [1.807, 2.05) is 38.1 Å². The molecule has 2 aromatic rings. The normalized spacial score (nSPS) is 11.9. The van der Waals surface area contributed by atoms with Gasteiger partial charge in [-0.3, -0.25) is 9.59 Å². The summed E-state index contributed by atoms with van der Waals surface area (Å²) >= 11 is 1.51. The van der Waals surface area contributed by atoms with Crippen molar-refractivity contribution in [2.45, 2.75) is 30.4 Å².